The van der Waals surface area contributed by atoms with Gasteiger partial charge in [0.15, 0.2) is 21.9 Å². The van der Waals surface area contributed by atoms with Crippen molar-refractivity contribution >= 4 is 21.9 Å². The Bertz CT molecular complexity index is 1080. The lowest BCUT2D eigenvalue weighted by Gasteiger charge is -2.10. The normalized spacial score (nSPS) is 11.6. The number of nitrogens with zero attached hydrogens (tertiary/aromatic N) is 3. The third-order valence-corrected chi connectivity index (χ3v) is 5.04. The first kappa shape index (κ1) is 19.6. The molecule has 0 aliphatic heterocycles. The Hall–Kier alpha value is -3.14. The molecule has 146 valence electrons. The van der Waals surface area contributed by atoms with Crippen molar-refractivity contribution in [3.8, 4) is 5.82 Å². The zero-order valence-corrected chi connectivity index (χ0v) is 15.5. The summed E-state index contributed by atoms with van der Waals surface area (Å²) in [6.45, 7) is 0.261. The van der Waals surface area contributed by atoms with E-state index in [4.69, 9.17) is 0 Å². The highest BCUT2D eigenvalue weighted by molar-refractivity contribution is 7.90. The molecule has 0 aliphatic rings. The number of hydrogen-bond donors (Lipinski definition) is 1. The summed E-state index contributed by atoms with van der Waals surface area (Å²) < 4.78 is 50.9. The van der Waals surface area contributed by atoms with Crippen molar-refractivity contribution in [3.05, 3.63) is 65.5 Å². The van der Waals surface area contributed by atoms with Crippen molar-refractivity contribution in [2.45, 2.75) is 17.9 Å². The van der Waals surface area contributed by atoms with Gasteiger partial charge in [0.25, 0.3) is 6.43 Å². The van der Waals surface area contributed by atoms with Gasteiger partial charge in [0.2, 0.25) is 0 Å². The molecule has 0 bridgehead atoms. The molecule has 0 unspecified atom stereocenters. The molecule has 2 heterocycles. The molecule has 0 aliphatic carbocycles. The molecule has 0 amide bonds. The van der Waals surface area contributed by atoms with E-state index in [0.717, 1.165) is 22.7 Å². The van der Waals surface area contributed by atoms with Crippen molar-refractivity contribution in [1.82, 2.24) is 14.8 Å². The largest absolute Gasteiger partial charge is 0.365 e. The Morgan fingerprint density at radius 1 is 1.18 bits per heavy atom. The lowest BCUT2D eigenvalue weighted by molar-refractivity contribution is 0.110. The third-order valence-electron chi connectivity index (χ3n) is 3.94. The number of aldehydes is 1. The van der Waals surface area contributed by atoms with Crippen LogP contribution in [0.5, 0.6) is 0 Å². The van der Waals surface area contributed by atoms with E-state index in [1.165, 1.54) is 12.1 Å². The number of hydrogen-bond acceptors (Lipinski definition) is 6. The number of carbonyl (C=O) groups is 1. The maximum atomic E-state index is 13.3. The minimum atomic E-state index is -3.46. The summed E-state index contributed by atoms with van der Waals surface area (Å²) >= 11 is 0. The fourth-order valence-corrected chi connectivity index (χ4v) is 3.12. The number of anilines is 1. The van der Waals surface area contributed by atoms with Gasteiger partial charge in [-0.1, -0.05) is 30.3 Å². The molecule has 0 saturated carbocycles. The van der Waals surface area contributed by atoms with Crippen molar-refractivity contribution in [1.29, 1.82) is 0 Å². The standard InChI is InChI=1S/C18H16F2N4O3S/c1-28(26,27)13-7-8-15(21-10-13)24-18(14(11-25)16(23-24)17(19)20)22-9-12-5-3-2-4-6-12/h2-8,10-11,17,22H,9H2,1H3. The van der Waals surface area contributed by atoms with Gasteiger partial charge in [-0.2, -0.15) is 9.78 Å². The summed E-state index contributed by atoms with van der Waals surface area (Å²) in [5, 5.41) is 6.76. The topological polar surface area (TPSA) is 94.0 Å². The SMILES string of the molecule is CS(=O)(=O)c1ccc(-n2nc(C(F)F)c(C=O)c2NCc2ccccc2)nc1. The maximum Gasteiger partial charge on any atom is 0.282 e. The lowest BCUT2D eigenvalue weighted by atomic mass is 10.2. The highest BCUT2D eigenvalue weighted by Gasteiger charge is 2.25. The number of sulfone groups is 1. The highest BCUT2D eigenvalue weighted by Crippen LogP contribution is 2.29. The van der Waals surface area contributed by atoms with E-state index in [9.17, 15) is 22.0 Å². The highest BCUT2D eigenvalue weighted by atomic mass is 32.2. The smallest absolute Gasteiger partial charge is 0.282 e. The molecule has 1 aromatic carbocycles. The molecule has 0 atom stereocenters. The number of halogens is 2. The fraction of sp³-hybridized carbons (Fsp3) is 0.167. The average molecular weight is 406 g/mol. The van der Waals surface area contributed by atoms with E-state index in [-0.39, 0.29) is 28.6 Å². The van der Waals surface area contributed by atoms with E-state index < -0.39 is 22.0 Å². The number of rotatable bonds is 7. The Morgan fingerprint density at radius 2 is 1.89 bits per heavy atom. The predicted octanol–water partition coefficient (Wildman–Crippen LogP) is 3.03. The van der Waals surface area contributed by atoms with Gasteiger partial charge in [0.05, 0.1) is 10.5 Å². The first-order chi connectivity index (χ1) is 13.3. The molecule has 0 spiro atoms. The molecule has 7 nitrogen and oxygen atoms in total. The van der Waals surface area contributed by atoms with Crippen LogP contribution in [0.2, 0.25) is 0 Å². The summed E-state index contributed by atoms with van der Waals surface area (Å²) in [4.78, 5) is 15.4. The van der Waals surface area contributed by atoms with Crippen LogP contribution in [0.1, 0.15) is 28.0 Å². The van der Waals surface area contributed by atoms with E-state index in [0.29, 0.717) is 6.29 Å². The second kappa shape index (κ2) is 7.85. The van der Waals surface area contributed by atoms with Gasteiger partial charge in [-0.25, -0.2) is 22.2 Å². The zero-order chi connectivity index (χ0) is 20.3. The van der Waals surface area contributed by atoms with Gasteiger partial charge < -0.3 is 5.32 Å². The number of nitrogens with one attached hydrogen (secondary N) is 1. The summed E-state index contributed by atoms with van der Waals surface area (Å²) in [7, 11) is -3.46. The fourth-order valence-electron chi connectivity index (χ4n) is 2.56. The maximum absolute atomic E-state index is 13.3. The van der Waals surface area contributed by atoms with Crippen molar-refractivity contribution in [2.75, 3.05) is 11.6 Å². The molecule has 3 aromatic rings. The third kappa shape index (κ3) is 4.06. The van der Waals surface area contributed by atoms with Gasteiger partial charge in [-0.3, -0.25) is 4.79 Å². The molecule has 0 saturated heterocycles. The van der Waals surface area contributed by atoms with Gasteiger partial charge in [-0.05, 0) is 17.7 Å². The lowest BCUT2D eigenvalue weighted by Crippen LogP contribution is -2.09. The molecular weight excluding hydrogens is 390 g/mol. The molecule has 28 heavy (non-hydrogen) atoms. The Balaban J connectivity index is 2.05. The molecule has 3 rings (SSSR count). The summed E-state index contributed by atoms with van der Waals surface area (Å²) in [6.07, 6.45) is -0.516. The summed E-state index contributed by atoms with van der Waals surface area (Å²) in [5.41, 5.74) is -0.0921. The summed E-state index contributed by atoms with van der Waals surface area (Å²) in [6, 6.07) is 11.8. The van der Waals surface area contributed by atoms with Gasteiger partial charge in [-0.15, -0.1) is 0 Å². The molecule has 0 radical (unpaired) electrons. The van der Waals surface area contributed by atoms with Crippen LogP contribution in [0.4, 0.5) is 14.6 Å². The van der Waals surface area contributed by atoms with Crippen molar-refractivity contribution in [2.24, 2.45) is 0 Å². The second-order valence-electron chi connectivity index (χ2n) is 5.94. The van der Waals surface area contributed by atoms with E-state index in [1.54, 1.807) is 0 Å². The Labute approximate surface area is 160 Å². The van der Waals surface area contributed by atoms with Crippen LogP contribution in [0.3, 0.4) is 0 Å². The summed E-state index contributed by atoms with van der Waals surface area (Å²) in [5.74, 6) is 0.145. The number of pyridine rings is 1. The monoisotopic (exact) mass is 406 g/mol. The van der Waals surface area contributed by atoms with Crippen molar-refractivity contribution in [3.63, 3.8) is 0 Å². The van der Waals surface area contributed by atoms with E-state index >= 15 is 0 Å². The molecule has 1 N–H and O–H groups in total. The molecule has 10 heteroatoms. The van der Waals surface area contributed by atoms with Crippen LogP contribution in [-0.4, -0.2) is 35.7 Å². The second-order valence-corrected chi connectivity index (χ2v) is 7.96. The Kier molecular flexibility index (Phi) is 5.50. The quantitative estimate of drug-likeness (QED) is 0.606. The molecular formula is C18H16F2N4O3S. The first-order valence-electron chi connectivity index (χ1n) is 8.11. The zero-order valence-electron chi connectivity index (χ0n) is 14.7. The average Bonchev–Trinajstić information content (AvgIpc) is 3.05. The van der Waals surface area contributed by atoms with Crippen LogP contribution in [0.25, 0.3) is 5.82 Å². The molecule has 0 fully saturated rings. The van der Waals surface area contributed by atoms with E-state index in [1.807, 2.05) is 30.3 Å². The predicted molar refractivity (Wildman–Crippen MR) is 98.6 cm³/mol. The Morgan fingerprint density at radius 3 is 2.43 bits per heavy atom. The van der Waals surface area contributed by atoms with Crippen LogP contribution >= 0.6 is 0 Å². The number of alkyl halides is 2. The van der Waals surface area contributed by atoms with Gasteiger partial charge in [0.1, 0.15) is 11.5 Å². The number of aromatic nitrogens is 3. The number of benzene rings is 1. The minimum Gasteiger partial charge on any atom is -0.365 e. The van der Waals surface area contributed by atoms with Gasteiger partial charge in [0, 0.05) is 19.0 Å². The first-order valence-corrected chi connectivity index (χ1v) is 10.0. The van der Waals surface area contributed by atoms with Crippen LogP contribution in [0, 0.1) is 0 Å². The van der Waals surface area contributed by atoms with E-state index in [2.05, 4.69) is 15.4 Å². The number of carbonyl (C=O) groups excluding carboxylic acids is 1. The van der Waals surface area contributed by atoms with Crippen LogP contribution in [0.15, 0.2) is 53.6 Å². The van der Waals surface area contributed by atoms with Crippen LogP contribution < -0.4 is 5.32 Å². The molecule has 2 aromatic heterocycles. The van der Waals surface area contributed by atoms with Crippen LogP contribution in [-0.2, 0) is 16.4 Å². The minimum absolute atomic E-state index is 0.0214. The van der Waals surface area contributed by atoms with Crippen molar-refractivity contribution < 1.29 is 22.0 Å². The van der Waals surface area contributed by atoms with Gasteiger partial charge >= 0.3 is 0 Å².